The molecule has 0 heterocycles. The number of benzene rings is 3. The Balaban J connectivity index is 1.65. The van der Waals surface area contributed by atoms with E-state index in [4.69, 9.17) is 19.3 Å². The first-order valence-corrected chi connectivity index (χ1v) is 9.01. The number of carboxylic acid groups (broad SMARTS) is 1. The highest BCUT2D eigenvalue weighted by Crippen LogP contribution is 2.29. The fourth-order valence-corrected chi connectivity index (χ4v) is 2.70. The third-order valence-corrected chi connectivity index (χ3v) is 4.10. The van der Waals surface area contributed by atoms with Crippen LogP contribution in [0.1, 0.15) is 12.8 Å². The zero-order valence-corrected chi connectivity index (χ0v) is 15.6. The topological polar surface area (TPSA) is 65.0 Å². The van der Waals surface area contributed by atoms with E-state index in [2.05, 4.69) is 0 Å². The standard InChI is InChI=1S/C23H22O5/c1-26-20-6-3-8-22(16-20)28-21-7-2-5-18(15-21)17-10-12-19(13-11-17)27-14-4-9-23(24)25/h2-3,5-8,10-13,15-16H,4,9,14H2,1H3,(H,24,25). The van der Waals surface area contributed by atoms with E-state index in [1.54, 1.807) is 7.11 Å². The maximum atomic E-state index is 10.5. The Kier molecular flexibility index (Phi) is 6.52. The number of ether oxygens (including phenoxy) is 3. The number of hydrogen-bond donors (Lipinski definition) is 1. The molecule has 0 bridgehead atoms. The summed E-state index contributed by atoms with van der Waals surface area (Å²) in [7, 11) is 1.62. The lowest BCUT2D eigenvalue weighted by Crippen LogP contribution is -2.01. The number of carbonyl (C=O) groups is 1. The molecule has 0 amide bonds. The van der Waals surface area contributed by atoms with Gasteiger partial charge in [-0.2, -0.15) is 0 Å². The maximum absolute atomic E-state index is 10.5. The average molecular weight is 378 g/mol. The molecule has 0 saturated carbocycles. The van der Waals surface area contributed by atoms with Gasteiger partial charge in [0.1, 0.15) is 23.0 Å². The predicted molar refractivity (Wildman–Crippen MR) is 107 cm³/mol. The lowest BCUT2D eigenvalue weighted by atomic mass is 10.1. The van der Waals surface area contributed by atoms with Crippen molar-refractivity contribution in [1.29, 1.82) is 0 Å². The van der Waals surface area contributed by atoms with Gasteiger partial charge in [0.05, 0.1) is 13.7 Å². The number of carboxylic acids is 1. The van der Waals surface area contributed by atoms with Gasteiger partial charge >= 0.3 is 5.97 Å². The zero-order chi connectivity index (χ0) is 19.8. The van der Waals surface area contributed by atoms with Gasteiger partial charge < -0.3 is 19.3 Å². The lowest BCUT2D eigenvalue weighted by molar-refractivity contribution is -0.137. The molecule has 0 spiro atoms. The largest absolute Gasteiger partial charge is 0.497 e. The highest BCUT2D eigenvalue weighted by atomic mass is 16.5. The summed E-state index contributed by atoms with van der Waals surface area (Å²) in [6.45, 7) is 0.384. The van der Waals surface area contributed by atoms with Gasteiger partial charge in [0, 0.05) is 12.5 Å². The van der Waals surface area contributed by atoms with Crippen LogP contribution in [0.2, 0.25) is 0 Å². The Morgan fingerprint density at radius 1 is 0.821 bits per heavy atom. The minimum atomic E-state index is -0.810. The summed E-state index contributed by atoms with van der Waals surface area (Å²) in [5.41, 5.74) is 2.06. The molecule has 28 heavy (non-hydrogen) atoms. The summed E-state index contributed by atoms with van der Waals surface area (Å²) in [4.78, 5) is 10.5. The van der Waals surface area contributed by atoms with Crippen LogP contribution in [0.25, 0.3) is 11.1 Å². The molecule has 0 aliphatic carbocycles. The Labute approximate surface area is 164 Å². The van der Waals surface area contributed by atoms with E-state index >= 15 is 0 Å². The molecular formula is C23H22O5. The van der Waals surface area contributed by atoms with Gasteiger partial charge in [-0.15, -0.1) is 0 Å². The summed E-state index contributed by atoms with van der Waals surface area (Å²) in [5.74, 6) is 2.10. The van der Waals surface area contributed by atoms with E-state index in [1.165, 1.54) is 0 Å². The molecule has 0 aromatic heterocycles. The quantitative estimate of drug-likeness (QED) is 0.505. The molecule has 0 unspecified atom stereocenters. The van der Waals surface area contributed by atoms with Gasteiger partial charge in [-0.3, -0.25) is 4.79 Å². The van der Waals surface area contributed by atoms with E-state index in [9.17, 15) is 4.79 Å². The fourth-order valence-electron chi connectivity index (χ4n) is 2.70. The molecule has 144 valence electrons. The second-order valence-electron chi connectivity index (χ2n) is 6.18. The lowest BCUT2D eigenvalue weighted by Gasteiger charge is -2.10. The van der Waals surface area contributed by atoms with Gasteiger partial charge in [-0.05, 0) is 53.9 Å². The maximum Gasteiger partial charge on any atom is 0.303 e. The SMILES string of the molecule is COc1cccc(Oc2cccc(-c3ccc(OCCCC(=O)O)cc3)c2)c1. The second kappa shape index (κ2) is 9.46. The van der Waals surface area contributed by atoms with Gasteiger partial charge in [0.25, 0.3) is 0 Å². The average Bonchev–Trinajstić information content (AvgIpc) is 2.72. The Morgan fingerprint density at radius 2 is 1.50 bits per heavy atom. The summed E-state index contributed by atoms with van der Waals surface area (Å²) in [5, 5.41) is 8.64. The van der Waals surface area contributed by atoms with Crippen molar-refractivity contribution in [2.24, 2.45) is 0 Å². The van der Waals surface area contributed by atoms with E-state index in [1.807, 2.05) is 72.8 Å². The molecule has 1 N–H and O–H groups in total. The first-order valence-electron chi connectivity index (χ1n) is 9.01. The first kappa shape index (κ1) is 19.3. The number of hydrogen-bond acceptors (Lipinski definition) is 4. The molecule has 5 nitrogen and oxygen atoms in total. The van der Waals surface area contributed by atoms with Crippen molar-refractivity contribution in [3.8, 4) is 34.1 Å². The Morgan fingerprint density at radius 3 is 2.21 bits per heavy atom. The van der Waals surface area contributed by atoms with Crippen LogP contribution in [0.3, 0.4) is 0 Å². The van der Waals surface area contributed by atoms with Crippen molar-refractivity contribution in [2.75, 3.05) is 13.7 Å². The van der Waals surface area contributed by atoms with Crippen LogP contribution in [-0.2, 0) is 4.79 Å². The highest BCUT2D eigenvalue weighted by molar-refractivity contribution is 5.67. The number of aliphatic carboxylic acids is 1. The minimum Gasteiger partial charge on any atom is -0.497 e. The van der Waals surface area contributed by atoms with Crippen LogP contribution in [0, 0.1) is 0 Å². The summed E-state index contributed by atoms with van der Waals surface area (Å²) >= 11 is 0. The van der Waals surface area contributed by atoms with E-state index in [0.29, 0.717) is 18.8 Å². The van der Waals surface area contributed by atoms with Crippen molar-refractivity contribution < 1.29 is 24.1 Å². The van der Waals surface area contributed by atoms with Gasteiger partial charge in [-0.25, -0.2) is 0 Å². The molecular weight excluding hydrogens is 356 g/mol. The number of methoxy groups -OCH3 is 1. The molecule has 0 atom stereocenters. The molecule has 5 heteroatoms. The van der Waals surface area contributed by atoms with Crippen molar-refractivity contribution in [2.45, 2.75) is 12.8 Å². The molecule has 3 aromatic carbocycles. The van der Waals surface area contributed by atoms with Gasteiger partial charge in [0.2, 0.25) is 0 Å². The smallest absolute Gasteiger partial charge is 0.303 e. The van der Waals surface area contributed by atoms with Crippen LogP contribution in [0.5, 0.6) is 23.0 Å². The summed E-state index contributed by atoms with van der Waals surface area (Å²) in [6, 6.07) is 23.0. The van der Waals surface area contributed by atoms with Crippen LogP contribution in [0.4, 0.5) is 0 Å². The third-order valence-electron chi connectivity index (χ3n) is 4.10. The minimum absolute atomic E-state index is 0.109. The summed E-state index contributed by atoms with van der Waals surface area (Å²) < 4.78 is 16.7. The molecule has 0 radical (unpaired) electrons. The molecule has 3 aromatic rings. The van der Waals surface area contributed by atoms with Crippen molar-refractivity contribution in [1.82, 2.24) is 0 Å². The molecule has 0 aliphatic heterocycles. The second-order valence-corrected chi connectivity index (χ2v) is 6.18. The van der Waals surface area contributed by atoms with Crippen LogP contribution < -0.4 is 14.2 Å². The van der Waals surface area contributed by atoms with Gasteiger partial charge in [0.15, 0.2) is 0 Å². The first-order chi connectivity index (χ1) is 13.6. The highest BCUT2D eigenvalue weighted by Gasteiger charge is 2.04. The van der Waals surface area contributed by atoms with Crippen LogP contribution >= 0.6 is 0 Å². The zero-order valence-electron chi connectivity index (χ0n) is 15.6. The van der Waals surface area contributed by atoms with Crippen molar-refractivity contribution in [3.63, 3.8) is 0 Å². The molecule has 3 rings (SSSR count). The van der Waals surface area contributed by atoms with E-state index < -0.39 is 5.97 Å². The summed E-state index contributed by atoms with van der Waals surface area (Å²) in [6.07, 6.45) is 0.596. The fraction of sp³-hybridized carbons (Fsp3) is 0.174. The van der Waals surface area contributed by atoms with E-state index in [-0.39, 0.29) is 6.42 Å². The molecule has 0 saturated heterocycles. The third kappa shape index (κ3) is 5.51. The number of rotatable bonds is 9. The Bertz CT molecular complexity index is 918. The molecule has 0 aliphatic rings. The Hall–Kier alpha value is -3.47. The van der Waals surface area contributed by atoms with Crippen molar-refractivity contribution in [3.05, 3.63) is 72.8 Å². The normalized spacial score (nSPS) is 10.3. The van der Waals surface area contributed by atoms with Crippen LogP contribution in [-0.4, -0.2) is 24.8 Å². The monoisotopic (exact) mass is 378 g/mol. The predicted octanol–water partition coefficient (Wildman–Crippen LogP) is 5.40. The van der Waals surface area contributed by atoms with Crippen molar-refractivity contribution >= 4 is 5.97 Å². The van der Waals surface area contributed by atoms with Crippen LogP contribution in [0.15, 0.2) is 72.8 Å². The van der Waals surface area contributed by atoms with E-state index in [0.717, 1.165) is 28.4 Å². The molecule has 0 fully saturated rings. The van der Waals surface area contributed by atoms with Gasteiger partial charge in [-0.1, -0.05) is 30.3 Å².